The molecule has 1 aliphatic heterocycles. The summed E-state index contributed by atoms with van der Waals surface area (Å²) in [5.41, 5.74) is 0.0296. The van der Waals surface area contributed by atoms with Gasteiger partial charge in [-0.25, -0.2) is 0 Å². The van der Waals surface area contributed by atoms with Crippen LogP contribution in [0.4, 0.5) is 13.2 Å². The zero-order chi connectivity index (χ0) is 18.4. The predicted octanol–water partition coefficient (Wildman–Crippen LogP) is 3.99. The maximum absolute atomic E-state index is 13.2. The fourth-order valence-electron chi connectivity index (χ4n) is 4.04. The molecule has 0 spiro atoms. The molecule has 136 valence electrons. The Morgan fingerprint density at radius 3 is 2.48 bits per heavy atom. The Morgan fingerprint density at radius 2 is 1.92 bits per heavy atom. The van der Waals surface area contributed by atoms with Gasteiger partial charge in [0.1, 0.15) is 5.78 Å². The van der Waals surface area contributed by atoms with Crippen molar-refractivity contribution >= 4 is 11.7 Å². The molecule has 0 radical (unpaired) electrons. The summed E-state index contributed by atoms with van der Waals surface area (Å²) in [6.07, 6.45) is -2.66. The van der Waals surface area contributed by atoms with Crippen molar-refractivity contribution in [2.24, 2.45) is 11.3 Å². The minimum atomic E-state index is -4.39. The number of Topliss-reactive ketones (excluding diaryl/α,β-unsaturated/α-hetero) is 1. The second-order valence-corrected chi connectivity index (χ2v) is 7.48. The first kappa shape index (κ1) is 18.0. The average molecular weight is 353 g/mol. The molecule has 1 amide bonds. The second-order valence-electron chi connectivity index (χ2n) is 7.48. The lowest BCUT2D eigenvalue weighted by molar-refractivity contribution is -0.146. The molecule has 0 bridgehead atoms. The number of hydrogen-bond acceptors (Lipinski definition) is 2. The number of carbonyl (C=O) groups is 2. The first-order valence-electron chi connectivity index (χ1n) is 8.63. The molecular formula is C19H22F3NO2. The van der Waals surface area contributed by atoms with E-state index in [0.717, 1.165) is 17.7 Å². The molecule has 1 saturated carbocycles. The fourth-order valence-corrected chi connectivity index (χ4v) is 4.04. The standard InChI is InChI=1S/C19H22F3NO2/c1-12(2)18(7-5-16(24)10-18)17(25)23-8-6-13-3-4-15(19(20,21)22)9-14(13)11-23/h3-4,9,12H,5-8,10-11H2,1-2H3. The lowest BCUT2D eigenvalue weighted by atomic mass is 9.74. The van der Waals surface area contributed by atoms with Gasteiger partial charge in [0.2, 0.25) is 5.91 Å². The Kier molecular flexibility index (Phi) is 4.41. The van der Waals surface area contributed by atoms with E-state index in [1.54, 1.807) is 4.90 Å². The summed E-state index contributed by atoms with van der Waals surface area (Å²) in [6.45, 7) is 4.55. The van der Waals surface area contributed by atoms with E-state index in [1.165, 1.54) is 6.07 Å². The Morgan fingerprint density at radius 1 is 1.20 bits per heavy atom. The fraction of sp³-hybridized carbons (Fsp3) is 0.579. The largest absolute Gasteiger partial charge is 0.416 e. The number of nitrogens with zero attached hydrogens (tertiary/aromatic N) is 1. The summed E-state index contributed by atoms with van der Waals surface area (Å²) in [5.74, 6) is 0.0320. The van der Waals surface area contributed by atoms with E-state index in [9.17, 15) is 22.8 Å². The van der Waals surface area contributed by atoms with Crippen LogP contribution in [-0.2, 0) is 28.7 Å². The van der Waals surface area contributed by atoms with E-state index >= 15 is 0 Å². The Labute approximate surface area is 145 Å². The van der Waals surface area contributed by atoms with Crippen molar-refractivity contribution < 1.29 is 22.8 Å². The molecule has 2 aliphatic rings. The van der Waals surface area contributed by atoms with E-state index in [2.05, 4.69) is 0 Å². The van der Waals surface area contributed by atoms with Gasteiger partial charge in [-0.15, -0.1) is 0 Å². The summed E-state index contributed by atoms with van der Waals surface area (Å²) in [5, 5.41) is 0. The van der Waals surface area contributed by atoms with Gasteiger partial charge in [-0.3, -0.25) is 9.59 Å². The maximum atomic E-state index is 13.2. The van der Waals surface area contributed by atoms with Crippen molar-refractivity contribution in [2.75, 3.05) is 6.54 Å². The van der Waals surface area contributed by atoms with E-state index in [0.29, 0.717) is 31.4 Å². The number of alkyl halides is 3. The molecule has 0 N–H and O–H groups in total. The van der Waals surface area contributed by atoms with Crippen LogP contribution in [0.5, 0.6) is 0 Å². The number of hydrogen-bond donors (Lipinski definition) is 0. The maximum Gasteiger partial charge on any atom is 0.416 e. The molecule has 3 nitrogen and oxygen atoms in total. The molecular weight excluding hydrogens is 331 g/mol. The Bertz CT molecular complexity index is 711. The first-order chi connectivity index (χ1) is 11.6. The number of amides is 1. The number of rotatable bonds is 2. The summed E-state index contributed by atoms with van der Waals surface area (Å²) in [4.78, 5) is 26.6. The SMILES string of the molecule is CC(C)C1(C(=O)N2CCc3ccc(C(F)(F)F)cc3C2)CCC(=O)C1. The number of benzene rings is 1. The van der Waals surface area contributed by atoms with Gasteiger partial charge in [-0.1, -0.05) is 19.9 Å². The average Bonchev–Trinajstić information content (AvgIpc) is 2.95. The molecule has 1 aromatic rings. The normalized spacial score (nSPS) is 23.9. The predicted molar refractivity (Wildman–Crippen MR) is 86.7 cm³/mol. The van der Waals surface area contributed by atoms with Crippen LogP contribution >= 0.6 is 0 Å². The summed E-state index contributed by atoms with van der Waals surface area (Å²) >= 11 is 0. The van der Waals surface area contributed by atoms with Gasteiger partial charge >= 0.3 is 6.18 Å². The molecule has 25 heavy (non-hydrogen) atoms. The minimum absolute atomic E-state index is 0.0226. The highest BCUT2D eigenvalue weighted by molar-refractivity contribution is 5.93. The van der Waals surface area contributed by atoms with Gasteiger partial charge in [0.25, 0.3) is 0 Å². The Hall–Kier alpha value is -1.85. The minimum Gasteiger partial charge on any atom is -0.338 e. The summed E-state index contributed by atoms with van der Waals surface area (Å²) < 4.78 is 38.9. The monoisotopic (exact) mass is 353 g/mol. The quantitative estimate of drug-likeness (QED) is 0.806. The third kappa shape index (κ3) is 3.18. The number of halogens is 3. The second kappa shape index (κ2) is 6.15. The smallest absolute Gasteiger partial charge is 0.338 e. The molecule has 1 fully saturated rings. The zero-order valence-corrected chi connectivity index (χ0v) is 14.4. The van der Waals surface area contributed by atoms with Crippen molar-refractivity contribution in [1.82, 2.24) is 4.90 Å². The van der Waals surface area contributed by atoms with Crippen molar-refractivity contribution in [2.45, 2.75) is 52.3 Å². The lowest BCUT2D eigenvalue weighted by Crippen LogP contribution is -2.47. The van der Waals surface area contributed by atoms with Crippen LogP contribution in [0.25, 0.3) is 0 Å². The van der Waals surface area contributed by atoms with Crippen LogP contribution in [0.2, 0.25) is 0 Å². The van der Waals surface area contributed by atoms with Crippen molar-refractivity contribution in [3.8, 4) is 0 Å². The molecule has 6 heteroatoms. The van der Waals surface area contributed by atoms with E-state index in [-0.39, 0.29) is 30.6 Å². The molecule has 3 rings (SSSR count). The molecule has 1 aliphatic carbocycles. The van der Waals surface area contributed by atoms with Crippen LogP contribution in [-0.4, -0.2) is 23.1 Å². The van der Waals surface area contributed by atoms with Crippen LogP contribution in [0.3, 0.4) is 0 Å². The molecule has 1 aromatic carbocycles. The third-order valence-corrected chi connectivity index (χ3v) is 5.73. The van der Waals surface area contributed by atoms with Crippen LogP contribution in [0, 0.1) is 11.3 Å². The van der Waals surface area contributed by atoms with Gasteiger partial charge in [0.15, 0.2) is 0 Å². The zero-order valence-electron chi connectivity index (χ0n) is 14.4. The first-order valence-corrected chi connectivity index (χ1v) is 8.63. The number of ketones is 1. The van der Waals surface area contributed by atoms with Gasteiger partial charge < -0.3 is 4.90 Å². The van der Waals surface area contributed by atoms with Crippen LogP contribution in [0.1, 0.15) is 49.8 Å². The molecule has 0 aromatic heterocycles. The Balaban J connectivity index is 1.86. The van der Waals surface area contributed by atoms with Crippen molar-refractivity contribution in [1.29, 1.82) is 0 Å². The van der Waals surface area contributed by atoms with Crippen molar-refractivity contribution in [3.63, 3.8) is 0 Å². The van der Waals surface area contributed by atoms with E-state index in [1.807, 2.05) is 13.8 Å². The van der Waals surface area contributed by atoms with Gasteiger partial charge in [-0.2, -0.15) is 13.2 Å². The van der Waals surface area contributed by atoms with Gasteiger partial charge in [-0.05, 0) is 42.0 Å². The van der Waals surface area contributed by atoms with Crippen LogP contribution in [0.15, 0.2) is 18.2 Å². The highest BCUT2D eigenvalue weighted by Gasteiger charge is 2.49. The van der Waals surface area contributed by atoms with Crippen LogP contribution < -0.4 is 0 Å². The number of fused-ring (bicyclic) bond motifs is 1. The summed E-state index contributed by atoms with van der Waals surface area (Å²) in [6, 6.07) is 3.76. The van der Waals surface area contributed by atoms with Gasteiger partial charge in [0.05, 0.1) is 11.0 Å². The molecule has 1 atom stereocenters. The third-order valence-electron chi connectivity index (χ3n) is 5.73. The lowest BCUT2D eigenvalue weighted by Gasteiger charge is -2.39. The molecule has 0 saturated heterocycles. The topological polar surface area (TPSA) is 37.4 Å². The van der Waals surface area contributed by atoms with Gasteiger partial charge in [0, 0.05) is 25.9 Å². The number of carbonyl (C=O) groups excluding carboxylic acids is 2. The van der Waals surface area contributed by atoms with Crippen molar-refractivity contribution in [3.05, 3.63) is 34.9 Å². The summed E-state index contributed by atoms with van der Waals surface area (Å²) in [7, 11) is 0. The highest BCUT2D eigenvalue weighted by Crippen LogP contribution is 2.45. The highest BCUT2D eigenvalue weighted by atomic mass is 19.4. The van der Waals surface area contributed by atoms with E-state index < -0.39 is 17.2 Å². The van der Waals surface area contributed by atoms with E-state index in [4.69, 9.17) is 0 Å². The molecule has 1 heterocycles. The molecule has 1 unspecified atom stereocenters.